The van der Waals surface area contributed by atoms with Crippen molar-refractivity contribution in [2.24, 2.45) is 0 Å². The minimum atomic E-state index is -2.36. The summed E-state index contributed by atoms with van der Waals surface area (Å²) < 4.78 is 79.6. The summed E-state index contributed by atoms with van der Waals surface area (Å²) >= 11 is 0. The minimum Gasteiger partial charge on any atom is -0.493 e. The van der Waals surface area contributed by atoms with Crippen molar-refractivity contribution in [1.29, 1.82) is 0 Å². The van der Waals surface area contributed by atoms with E-state index in [2.05, 4.69) is 4.74 Å². The number of ether oxygens (including phenoxy) is 3. The molecule has 0 aromatic heterocycles. The molecule has 1 aromatic rings. The third-order valence-electron chi connectivity index (χ3n) is 2.66. The van der Waals surface area contributed by atoms with Gasteiger partial charge >= 0.3 is 5.97 Å². The molecule has 1 heterocycles. The molecule has 0 aliphatic carbocycles. The van der Waals surface area contributed by atoms with Crippen LogP contribution in [0.2, 0.25) is 0 Å². The van der Waals surface area contributed by atoms with E-state index in [0.29, 0.717) is 0 Å². The van der Waals surface area contributed by atoms with Gasteiger partial charge in [-0.2, -0.15) is 0 Å². The van der Waals surface area contributed by atoms with E-state index in [0.717, 1.165) is 6.26 Å². The van der Waals surface area contributed by atoms with E-state index in [1.807, 2.05) is 0 Å². The summed E-state index contributed by atoms with van der Waals surface area (Å²) in [7, 11) is 0. The third kappa shape index (κ3) is 3.55. The zero-order valence-corrected chi connectivity index (χ0v) is 11.6. The van der Waals surface area contributed by atoms with Crippen LogP contribution in [0.25, 0.3) is 0 Å². The Morgan fingerprint density at radius 3 is 2.12 bits per heavy atom. The quantitative estimate of drug-likeness (QED) is 0.386. The lowest BCUT2D eigenvalue weighted by Crippen LogP contribution is -2.25. The van der Waals surface area contributed by atoms with E-state index in [-0.39, 0.29) is 19.0 Å². The van der Waals surface area contributed by atoms with Crippen molar-refractivity contribution in [3.8, 4) is 0 Å². The van der Waals surface area contributed by atoms with Crippen LogP contribution in [0.15, 0.2) is 12.0 Å². The SMILES string of the molecule is O=C(COC(=O)C1=COCCO1)Nc1c(F)c(F)c(F)c(F)c1F. The number of amides is 1. The molecule has 2 rings (SSSR count). The second-order valence-electron chi connectivity index (χ2n) is 4.27. The Bertz CT molecular complexity index is 692. The zero-order chi connectivity index (χ0) is 17.9. The van der Waals surface area contributed by atoms with Crippen molar-refractivity contribution >= 4 is 17.6 Å². The van der Waals surface area contributed by atoms with Gasteiger partial charge in [-0.15, -0.1) is 0 Å². The molecule has 6 nitrogen and oxygen atoms in total. The van der Waals surface area contributed by atoms with Crippen LogP contribution in [0.3, 0.4) is 0 Å². The Balaban J connectivity index is 2.03. The molecular weight excluding hydrogens is 345 g/mol. The molecule has 1 aliphatic rings. The molecule has 0 bridgehead atoms. The maximum Gasteiger partial charge on any atom is 0.377 e. The lowest BCUT2D eigenvalue weighted by Gasteiger charge is -2.14. The molecule has 24 heavy (non-hydrogen) atoms. The molecular formula is C13H8F5NO5. The van der Waals surface area contributed by atoms with Gasteiger partial charge in [0, 0.05) is 0 Å². The van der Waals surface area contributed by atoms with Crippen LogP contribution in [0.4, 0.5) is 27.6 Å². The number of halogens is 5. The molecule has 0 saturated carbocycles. The van der Waals surface area contributed by atoms with E-state index < -0.39 is 53.3 Å². The smallest absolute Gasteiger partial charge is 0.377 e. The highest BCUT2D eigenvalue weighted by atomic mass is 19.2. The van der Waals surface area contributed by atoms with E-state index in [4.69, 9.17) is 9.47 Å². The summed E-state index contributed by atoms with van der Waals surface area (Å²) in [6.45, 7) is -0.784. The molecule has 0 unspecified atom stereocenters. The third-order valence-corrected chi connectivity index (χ3v) is 2.66. The number of carbonyl (C=O) groups excluding carboxylic acids is 2. The summed E-state index contributed by atoms with van der Waals surface area (Å²) in [5.74, 6) is -14.0. The van der Waals surface area contributed by atoms with Gasteiger partial charge in [0.2, 0.25) is 11.6 Å². The predicted molar refractivity (Wildman–Crippen MR) is 65.8 cm³/mol. The highest BCUT2D eigenvalue weighted by Gasteiger charge is 2.27. The van der Waals surface area contributed by atoms with Crippen molar-refractivity contribution in [2.75, 3.05) is 25.1 Å². The van der Waals surface area contributed by atoms with Crippen molar-refractivity contribution < 1.29 is 45.8 Å². The molecule has 1 aliphatic heterocycles. The van der Waals surface area contributed by atoms with E-state index in [9.17, 15) is 31.5 Å². The van der Waals surface area contributed by atoms with Gasteiger partial charge in [0.1, 0.15) is 25.2 Å². The number of hydrogen-bond donors (Lipinski definition) is 1. The van der Waals surface area contributed by atoms with Crippen LogP contribution >= 0.6 is 0 Å². The summed E-state index contributed by atoms with van der Waals surface area (Å²) in [5.41, 5.74) is -1.55. The Labute approximate surface area is 130 Å². The number of carbonyl (C=O) groups is 2. The average Bonchev–Trinajstić information content (AvgIpc) is 2.60. The number of nitrogens with one attached hydrogen (secondary N) is 1. The Morgan fingerprint density at radius 2 is 1.58 bits per heavy atom. The van der Waals surface area contributed by atoms with Crippen LogP contribution in [0.1, 0.15) is 0 Å². The molecule has 0 radical (unpaired) electrons. The molecule has 1 amide bonds. The topological polar surface area (TPSA) is 73.9 Å². The van der Waals surface area contributed by atoms with E-state index >= 15 is 0 Å². The fourth-order valence-corrected chi connectivity index (χ4v) is 1.57. The van der Waals surface area contributed by atoms with Crippen molar-refractivity contribution in [3.05, 3.63) is 41.1 Å². The van der Waals surface area contributed by atoms with Gasteiger partial charge in [-0.25, -0.2) is 26.7 Å². The first-order valence-corrected chi connectivity index (χ1v) is 6.26. The molecule has 0 saturated heterocycles. The number of benzene rings is 1. The highest BCUT2D eigenvalue weighted by Crippen LogP contribution is 2.27. The maximum absolute atomic E-state index is 13.4. The normalized spacial score (nSPS) is 13.5. The van der Waals surface area contributed by atoms with Gasteiger partial charge < -0.3 is 19.5 Å². The van der Waals surface area contributed by atoms with Crippen LogP contribution in [-0.4, -0.2) is 31.7 Å². The molecule has 1 N–H and O–H groups in total. The molecule has 11 heteroatoms. The van der Waals surface area contributed by atoms with E-state index in [1.165, 1.54) is 5.32 Å². The standard InChI is InChI=1S/C13H8F5NO5/c14-7-8(15)10(17)12(11(18)9(7)16)19-6(20)4-24-13(21)5-3-22-1-2-23-5/h3H,1-2,4H2,(H,19,20). The van der Waals surface area contributed by atoms with Gasteiger partial charge in [0.15, 0.2) is 29.9 Å². The van der Waals surface area contributed by atoms with Crippen LogP contribution < -0.4 is 5.32 Å². The van der Waals surface area contributed by atoms with Gasteiger partial charge in [-0.05, 0) is 0 Å². The Morgan fingerprint density at radius 1 is 1.00 bits per heavy atom. The van der Waals surface area contributed by atoms with Crippen LogP contribution in [0, 0.1) is 29.1 Å². The molecule has 0 fully saturated rings. The first-order valence-electron chi connectivity index (χ1n) is 6.26. The average molecular weight is 353 g/mol. The highest BCUT2D eigenvalue weighted by molar-refractivity contribution is 5.94. The largest absolute Gasteiger partial charge is 0.493 e. The second kappa shape index (κ2) is 7.15. The molecule has 0 spiro atoms. The van der Waals surface area contributed by atoms with Crippen molar-refractivity contribution in [1.82, 2.24) is 0 Å². The summed E-state index contributed by atoms with van der Waals surface area (Å²) in [5, 5.41) is 1.44. The summed E-state index contributed by atoms with van der Waals surface area (Å²) in [6.07, 6.45) is 0.938. The van der Waals surface area contributed by atoms with Gasteiger partial charge in [0.05, 0.1) is 0 Å². The fourth-order valence-electron chi connectivity index (χ4n) is 1.57. The zero-order valence-electron chi connectivity index (χ0n) is 11.6. The maximum atomic E-state index is 13.4. The van der Waals surface area contributed by atoms with Gasteiger partial charge in [0.25, 0.3) is 5.91 Å². The summed E-state index contributed by atoms with van der Waals surface area (Å²) in [6, 6.07) is 0. The molecule has 0 atom stereocenters. The van der Waals surface area contributed by atoms with Crippen molar-refractivity contribution in [3.63, 3.8) is 0 Å². The number of anilines is 1. The fraction of sp³-hybridized carbons (Fsp3) is 0.231. The van der Waals surface area contributed by atoms with Crippen LogP contribution in [0.5, 0.6) is 0 Å². The van der Waals surface area contributed by atoms with E-state index in [1.54, 1.807) is 0 Å². The molecule has 1 aromatic carbocycles. The van der Waals surface area contributed by atoms with Crippen molar-refractivity contribution in [2.45, 2.75) is 0 Å². The lowest BCUT2D eigenvalue weighted by atomic mass is 10.2. The summed E-state index contributed by atoms with van der Waals surface area (Å²) in [4.78, 5) is 22.9. The number of rotatable bonds is 4. The first-order chi connectivity index (χ1) is 11.3. The van der Waals surface area contributed by atoms with Gasteiger partial charge in [-0.1, -0.05) is 0 Å². The molecule has 130 valence electrons. The second-order valence-corrected chi connectivity index (χ2v) is 4.27. The van der Waals surface area contributed by atoms with Gasteiger partial charge in [-0.3, -0.25) is 4.79 Å². The monoisotopic (exact) mass is 353 g/mol. The lowest BCUT2D eigenvalue weighted by molar-refractivity contribution is -0.148. The number of hydrogen-bond acceptors (Lipinski definition) is 5. The first kappa shape index (κ1) is 17.5. The number of esters is 1. The Hall–Kier alpha value is -2.85. The predicted octanol–water partition coefficient (Wildman–Crippen LogP) is 1.75. The Kier molecular flexibility index (Phi) is 5.21. The van der Waals surface area contributed by atoms with Crippen LogP contribution in [-0.2, 0) is 23.8 Å². The minimum absolute atomic E-state index is 0.0671.